The van der Waals surface area contributed by atoms with E-state index in [1.807, 2.05) is 4.72 Å². The molecular weight excluding hydrogens is 301 g/mol. The molecule has 0 aromatic heterocycles. The van der Waals surface area contributed by atoms with Crippen molar-refractivity contribution < 1.29 is 27.8 Å². The summed E-state index contributed by atoms with van der Waals surface area (Å²) >= 11 is 5.57. The van der Waals surface area contributed by atoms with Crippen LogP contribution in [0.25, 0.3) is 0 Å². The van der Waals surface area contributed by atoms with Gasteiger partial charge in [0.15, 0.2) is 5.82 Å². The van der Waals surface area contributed by atoms with E-state index in [0.717, 1.165) is 12.1 Å². The minimum absolute atomic E-state index is 0.226. The molecule has 0 aliphatic rings. The molecule has 0 amide bonds. The van der Waals surface area contributed by atoms with Gasteiger partial charge in [0.1, 0.15) is 4.90 Å². The van der Waals surface area contributed by atoms with Crippen LogP contribution in [0, 0.1) is 5.82 Å². The zero-order valence-electron chi connectivity index (χ0n) is 9.72. The maximum Gasteiger partial charge on any atom is 0.338 e. The molecule has 0 saturated heterocycles. The Labute approximate surface area is 113 Å². The first-order chi connectivity index (χ1) is 8.69. The number of carboxylic acid groups (broad SMARTS) is 1. The fourth-order valence-corrected chi connectivity index (χ4v) is 2.92. The second-order valence-corrected chi connectivity index (χ2v) is 5.89. The highest BCUT2D eigenvalue weighted by atomic mass is 35.5. The van der Waals surface area contributed by atoms with Crippen LogP contribution < -0.4 is 4.72 Å². The summed E-state index contributed by atoms with van der Waals surface area (Å²) in [6.45, 7) is 0.866. The molecule has 0 spiro atoms. The van der Waals surface area contributed by atoms with E-state index in [9.17, 15) is 17.6 Å². The Hall–Kier alpha value is -1.22. The third kappa shape index (κ3) is 3.63. The van der Waals surface area contributed by atoms with E-state index in [0.29, 0.717) is 0 Å². The van der Waals surface area contributed by atoms with Crippen molar-refractivity contribution in [3.8, 4) is 0 Å². The average Bonchev–Trinajstić information content (AvgIpc) is 2.30. The molecule has 0 saturated carbocycles. The van der Waals surface area contributed by atoms with Crippen LogP contribution in [-0.2, 0) is 10.0 Å². The van der Waals surface area contributed by atoms with Gasteiger partial charge >= 0.3 is 5.97 Å². The van der Waals surface area contributed by atoms with E-state index in [4.69, 9.17) is 21.8 Å². The zero-order chi connectivity index (χ0) is 14.8. The summed E-state index contributed by atoms with van der Waals surface area (Å²) in [4.78, 5) is 9.90. The topological polar surface area (TPSA) is 104 Å². The SMILES string of the molecule is C[C@@H](CO)NS(=O)(=O)c1cc(Cl)cc(C(=O)O)c1F. The lowest BCUT2D eigenvalue weighted by Gasteiger charge is -2.13. The van der Waals surface area contributed by atoms with Crippen molar-refractivity contribution in [1.29, 1.82) is 0 Å². The Morgan fingerprint density at radius 2 is 2.11 bits per heavy atom. The molecule has 0 bridgehead atoms. The fraction of sp³-hybridized carbons (Fsp3) is 0.300. The summed E-state index contributed by atoms with van der Waals surface area (Å²) in [5.74, 6) is -3.04. The Bertz CT molecular complexity index is 604. The molecule has 3 N–H and O–H groups in total. The van der Waals surface area contributed by atoms with Gasteiger partial charge in [-0.2, -0.15) is 0 Å². The molecule has 0 aliphatic carbocycles. The predicted molar refractivity (Wildman–Crippen MR) is 65.2 cm³/mol. The first-order valence-corrected chi connectivity index (χ1v) is 6.90. The minimum atomic E-state index is -4.31. The number of aromatic carboxylic acids is 1. The highest BCUT2D eigenvalue weighted by Crippen LogP contribution is 2.24. The number of benzene rings is 1. The molecule has 1 aromatic rings. The van der Waals surface area contributed by atoms with Crippen LogP contribution in [0.4, 0.5) is 4.39 Å². The van der Waals surface area contributed by atoms with Crippen LogP contribution in [0.3, 0.4) is 0 Å². The van der Waals surface area contributed by atoms with Crippen molar-refractivity contribution in [3.05, 3.63) is 28.5 Å². The van der Waals surface area contributed by atoms with Gasteiger partial charge in [-0.15, -0.1) is 0 Å². The van der Waals surface area contributed by atoms with Gasteiger partial charge in [-0.25, -0.2) is 22.3 Å². The number of aliphatic hydroxyl groups is 1. The van der Waals surface area contributed by atoms with Crippen LogP contribution >= 0.6 is 11.6 Å². The molecule has 0 unspecified atom stereocenters. The summed E-state index contributed by atoms with van der Waals surface area (Å²) in [6, 6.07) is 0.764. The van der Waals surface area contributed by atoms with Gasteiger partial charge < -0.3 is 10.2 Å². The molecular formula is C10H11ClFNO5S. The van der Waals surface area contributed by atoms with E-state index in [-0.39, 0.29) is 5.02 Å². The van der Waals surface area contributed by atoms with E-state index in [1.54, 1.807) is 0 Å². The number of aliphatic hydroxyl groups excluding tert-OH is 1. The first-order valence-electron chi connectivity index (χ1n) is 5.04. The second kappa shape index (κ2) is 5.83. The van der Waals surface area contributed by atoms with E-state index in [1.165, 1.54) is 6.92 Å². The van der Waals surface area contributed by atoms with Gasteiger partial charge in [-0.05, 0) is 19.1 Å². The van der Waals surface area contributed by atoms with Gasteiger partial charge in [-0.1, -0.05) is 11.6 Å². The number of nitrogens with one attached hydrogen (secondary N) is 1. The highest BCUT2D eigenvalue weighted by Gasteiger charge is 2.26. The molecule has 19 heavy (non-hydrogen) atoms. The smallest absolute Gasteiger partial charge is 0.338 e. The predicted octanol–water partition coefficient (Wildman–Crippen LogP) is 0.836. The Kier molecular flexibility index (Phi) is 4.86. The number of halogens is 2. The molecule has 1 aromatic carbocycles. The average molecular weight is 312 g/mol. The molecule has 0 aliphatic heterocycles. The Morgan fingerprint density at radius 3 is 2.58 bits per heavy atom. The Balaban J connectivity index is 3.39. The van der Waals surface area contributed by atoms with Crippen molar-refractivity contribution >= 4 is 27.6 Å². The van der Waals surface area contributed by atoms with Crippen molar-refractivity contribution in [2.24, 2.45) is 0 Å². The van der Waals surface area contributed by atoms with Crippen molar-refractivity contribution in [2.75, 3.05) is 6.61 Å². The van der Waals surface area contributed by atoms with Gasteiger partial charge in [0, 0.05) is 11.1 Å². The molecule has 0 fully saturated rings. The second-order valence-electron chi connectivity index (χ2n) is 3.78. The molecule has 0 heterocycles. The lowest BCUT2D eigenvalue weighted by atomic mass is 10.2. The van der Waals surface area contributed by atoms with Crippen molar-refractivity contribution in [2.45, 2.75) is 17.9 Å². The highest BCUT2D eigenvalue weighted by molar-refractivity contribution is 7.89. The van der Waals surface area contributed by atoms with Crippen LogP contribution in [0.2, 0.25) is 5.02 Å². The monoisotopic (exact) mass is 311 g/mol. The third-order valence-electron chi connectivity index (χ3n) is 2.15. The van der Waals surface area contributed by atoms with Gasteiger partial charge in [-0.3, -0.25) is 0 Å². The number of carboxylic acids is 1. The quantitative estimate of drug-likeness (QED) is 0.747. The lowest BCUT2D eigenvalue weighted by Crippen LogP contribution is -2.35. The van der Waals surface area contributed by atoms with Crippen LogP contribution in [0.15, 0.2) is 17.0 Å². The van der Waals surface area contributed by atoms with Crippen molar-refractivity contribution in [1.82, 2.24) is 4.72 Å². The molecule has 1 atom stereocenters. The van der Waals surface area contributed by atoms with Crippen molar-refractivity contribution in [3.63, 3.8) is 0 Å². The third-order valence-corrected chi connectivity index (χ3v) is 3.96. The Morgan fingerprint density at radius 1 is 1.53 bits per heavy atom. The number of rotatable bonds is 5. The summed E-state index contributed by atoms with van der Waals surface area (Å²) in [5.41, 5.74) is -0.843. The van der Waals surface area contributed by atoms with E-state index < -0.39 is 44.9 Å². The van der Waals surface area contributed by atoms with Crippen LogP contribution in [-0.4, -0.2) is 37.2 Å². The summed E-state index contributed by atoms with van der Waals surface area (Å²) in [5, 5.41) is 17.3. The van der Waals surface area contributed by atoms with Gasteiger partial charge in [0.25, 0.3) is 0 Å². The molecule has 106 valence electrons. The number of hydrogen-bond acceptors (Lipinski definition) is 4. The first kappa shape index (κ1) is 15.8. The minimum Gasteiger partial charge on any atom is -0.478 e. The molecule has 6 nitrogen and oxygen atoms in total. The van der Waals surface area contributed by atoms with Crippen LogP contribution in [0.1, 0.15) is 17.3 Å². The summed E-state index contributed by atoms with van der Waals surface area (Å²) in [7, 11) is -4.31. The molecule has 0 radical (unpaired) electrons. The maximum absolute atomic E-state index is 13.8. The number of sulfonamides is 1. The number of carbonyl (C=O) groups is 1. The summed E-state index contributed by atoms with van der Waals surface area (Å²) < 4.78 is 39.5. The van der Waals surface area contributed by atoms with Gasteiger partial charge in [0.2, 0.25) is 10.0 Å². The lowest BCUT2D eigenvalue weighted by molar-refractivity contribution is 0.0691. The standard InChI is InChI=1S/C10H11ClFNO5S/c1-5(4-14)13-19(17,18)8-3-6(11)2-7(9(8)12)10(15)16/h2-3,5,13-14H,4H2,1H3,(H,15,16)/t5-/m0/s1. The molecule has 1 rings (SSSR count). The normalized spacial score (nSPS) is 13.3. The van der Waals surface area contributed by atoms with E-state index >= 15 is 0 Å². The number of hydrogen-bond donors (Lipinski definition) is 3. The summed E-state index contributed by atoms with van der Waals surface area (Å²) in [6.07, 6.45) is 0. The maximum atomic E-state index is 13.8. The van der Waals surface area contributed by atoms with Gasteiger partial charge in [0.05, 0.1) is 12.2 Å². The zero-order valence-corrected chi connectivity index (χ0v) is 11.3. The molecule has 9 heteroatoms. The van der Waals surface area contributed by atoms with Crippen LogP contribution in [0.5, 0.6) is 0 Å². The fourth-order valence-electron chi connectivity index (χ4n) is 1.28. The largest absolute Gasteiger partial charge is 0.478 e. The van der Waals surface area contributed by atoms with E-state index in [2.05, 4.69) is 0 Å².